The van der Waals surface area contributed by atoms with Gasteiger partial charge in [-0.05, 0) is 88.1 Å². The Morgan fingerprint density at radius 1 is 1.10 bits per heavy atom. The van der Waals surface area contributed by atoms with Gasteiger partial charge in [0, 0.05) is 29.2 Å². The van der Waals surface area contributed by atoms with Crippen LogP contribution in [-0.4, -0.2) is 41.5 Å². The maximum absolute atomic E-state index is 13.4. The predicted molar refractivity (Wildman–Crippen MR) is 157 cm³/mol. The van der Waals surface area contributed by atoms with Crippen molar-refractivity contribution in [1.29, 1.82) is 0 Å². The van der Waals surface area contributed by atoms with E-state index in [1.165, 1.54) is 19.3 Å². The van der Waals surface area contributed by atoms with Crippen molar-refractivity contribution < 1.29 is 23.1 Å². The average Bonchev–Trinajstić information content (AvgIpc) is 3.15. The van der Waals surface area contributed by atoms with Gasteiger partial charge in [-0.2, -0.15) is 0 Å². The van der Waals surface area contributed by atoms with Crippen molar-refractivity contribution in [1.82, 2.24) is 14.6 Å². The molecular weight excluding hydrogens is 526 g/mol. The van der Waals surface area contributed by atoms with Crippen LogP contribution in [0.15, 0.2) is 29.3 Å². The van der Waals surface area contributed by atoms with E-state index in [2.05, 4.69) is 14.6 Å². The minimum absolute atomic E-state index is 0.0338. The number of sulfonamides is 1. The molecule has 1 heterocycles. The number of hydrogen-bond acceptors (Lipinski definition) is 4. The second kappa shape index (κ2) is 11.7. The van der Waals surface area contributed by atoms with E-state index in [1.54, 1.807) is 6.07 Å². The van der Waals surface area contributed by atoms with Crippen LogP contribution < -0.4 is 10.0 Å². The summed E-state index contributed by atoms with van der Waals surface area (Å²) in [5, 5.41) is 12.2. The Kier molecular flexibility index (Phi) is 8.85. The van der Waals surface area contributed by atoms with E-state index in [9.17, 15) is 23.1 Å². The normalized spacial score (nSPS) is 20.4. The van der Waals surface area contributed by atoms with Crippen LogP contribution in [0.3, 0.4) is 0 Å². The topological polar surface area (TPSA) is 118 Å². The van der Waals surface area contributed by atoms with Crippen molar-refractivity contribution in [3.8, 4) is 5.69 Å². The number of rotatable bonds is 9. The zero-order chi connectivity index (χ0) is 29.4. The zero-order valence-corrected chi connectivity index (χ0v) is 25.5. The van der Waals surface area contributed by atoms with E-state index in [-0.39, 0.29) is 22.8 Å². The first-order chi connectivity index (χ1) is 18.7. The van der Waals surface area contributed by atoms with Crippen LogP contribution in [0.4, 0.5) is 0 Å². The molecule has 40 heavy (non-hydrogen) atoms. The molecule has 2 aliphatic rings. The lowest BCUT2D eigenvalue weighted by Crippen LogP contribution is -2.46. The van der Waals surface area contributed by atoms with Crippen LogP contribution in [0.25, 0.3) is 5.69 Å². The molecular formula is C31H45N3O5S. The Morgan fingerprint density at radius 3 is 2.33 bits per heavy atom. The van der Waals surface area contributed by atoms with Crippen LogP contribution in [-0.2, 0) is 21.2 Å². The van der Waals surface area contributed by atoms with E-state index in [0.29, 0.717) is 24.3 Å². The van der Waals surface area contributed by atoms with Gasteiger partial charge < -0.3 is 15.0 Å². The van der Waals surface area contributed by atoms with Crippen LogP contribution in [0.5, 0.6) is 0 Å². The fraction of sp³-hybridized carbons (Fsp3) is 0.613. The van der Waals surface area contributed by atoms with Gasteiger partial charge in [0.15, 0.2) is 0 Å². The fourth-order valence-corrected chi connectivity index (χ4v) is 7.82. The molecule has 2 aliphatic carbocycles. The summed E-state index contributed by atoms with van der Waals surface area (Å²) < 4.78 is 31.4. The Bertz CT molecular complexity index is 1360. The molecule has 0 unspecified atom stereocenters. The fourth-order valence-electron chi connectivity index (χ4n) is 6.06. The standard InChI is InChI=1S/C31H45N3O5S/c1-19(2)25-17-24(12-13-28(25)40(38,39)33-31(4,5)6)34-18-26(29(35)32-23-15-22(16-23)30(36)37)20(3)27(34)14-21-10-8-7-9-11-21/h12-13,17-19,21-23,33H,7-11,14-16H2,1-6H3,(H,32,35)(H,36,37). The minimum atomic E-state index is -3.73. The quantitative estimate of drug-likeness (QED) is 0.357. The minimum Gasteiger partial charge on any atom is -0.481 e. The number of aliphatic carboxylic acids is 1. The molecule has 1 amide bonds. The van der Waals surface area contributed by atoms with Gasteiger partial charge in [-0.3, -0.25) is 9.59 Å². The van der Waals surface area contributed by atoms with Crippen molar-refractivity contribution in [2.75, 3.05) is 0 Å². The summed E-state index contributed by atoms with van der Waals surface area (Å²) in [5.74, 6) is -0.886. The predicted octanol–water partition coefficient (Wildman–Crippen LogP) is 5.70. The second-order valence-electron chi connectivity index (χ2n) is 13.1. The highest BCUT2D eigenvalue weighted by atomic mass is 32.2. The molecule has 0 saturated heterocycles. The Hall–Kier alpha value is -2.65. The molecule has 0 aliphatic heterocycles. The molecule has 4 rings (SSSR count). The number of carbonyl (C=O) groups is 2. The van der Waals surface area contributed by atoms with E-state index in [0.717, 1.165) is 41.8 Å². The van der Waals surface area contributed by atoms with Crippen LogP contribution in [0, 0.1) is 18.8 Å². The molecule has 3 N–H and O–H groups in total. The number of carbonyl (C=O) groups excluding carboxylic acids is 1. The third-order valence-corrected chi connectivity index (χ3v) is 10.1. The summed E-state index contributed by atoms with van der Waals surface area (Å²) in [6.45, 7) is 11.4. The first kappa shape index (κ1) is 30.3. The monoisotopic (exact) mass is 571 g/mol. The molecule has 0 bridgehead atoms. The van der Waals surface area contributed by atoms with Crippen LogP contribution in [0.1, 0.15) is 113 Å². The van der Waals surface area contributed by atoms with E-state index >= 15 is 0 Å². The van der Waals surface area contributed by atoms with Gasteiger partial charge in [-0.25, -0.2) is 13.1 Å². The third kappa shape index (κ3) is 6.79. The molecule has 2 saturated carbocycles. The molecule has 1 aromatic carbocycles. The van der Waals surface area contributed by atoms with Crippen molar-refractivity contribution in [2.45, 2.75) is 115 Å². The summed E-state index contributed by atoms with van der Waals surface area (Å²) in [4.78, 5) is 24.8. The highest BCUT2D eigenvalue weighted by Crippen LogP contribution is 2.34. The smallest absolute Gasteiger partial charge is 0.306 e. The lowest BCUT2D eigenvalue weighted by atomic mass is 9.80. The number of benzene rings is 1. The number of carboxylic acids is 1. The molecule has 0 spiro atoms. The summed E-state index contributed by atoms with van der Waals surface area (Å²) in [6.07, 6.45) is 9.65. The summed E-state index contributed by atoms with van der Waals surface area (Å²) in [5.41, 5.74) is 3.54. The van der Waals surface area contributed by atoms with Gasteiger partial charge in [-0.1, -0.05) is 46.0 Å². The number of nitrogens with one attached hydrogen (secondary N) is 2. The molecule has 220 valence electrons. The summed E-state index contributed by atoms with van der Waals surface area (Å²) in [6, 6.07) is 5.32. The number of hydrogen-bond donors (Lipinski definition) is 3. The number of nitrogens with zero attached hydrogens (tertiary/aromatic N) is 1. The average molecular weight is 572 g/mol. The van der Waals surface area contributed by atoms with Crippen LogP contribution in [0.2, 0.25) is 0 Å². The van der Waals surface area contributed by atoms with E-state index < -0.39 is 27.4 Å². The SMILES string of the molecule is Cc1c(C(=O)NC2CC(C(=O)O)C2)cn(-c2ccc(S(=O)(=O)NC(C)(C)C)c(C(C)C)c2)c1CC1CCCCC1. The van der Waals surface area contributed by atoms with Gasteiger partial charge in [0.05, 0.1) is 16.4 Å². The van der Waals surface area contributed by atoms with E-state index in [4.69, 9.17) is 0 Å². The molecule has 8 nitrogen and oxygen atoms in total. The number of carboxylic acid groups (broad SMARTS) is 1. The molecule has 9 heteroatoms. The highest BCUT2D eigenvalue weighted by Gasteiger charge is 2.36. The van der Waals surface area contributed by atoms with Gasteiger partial charge in [0.1, 0.15) is 0 Å². The van der Waals surface area contributed by atoms with Crippen LogP contribution >= 0.6 is 0 Å². The Labute approximate surface area is 239 Å². The second-order valence-corrected chi connectivity index (χ2v) is 14.8. The van der Waals surface area contributed by atoms with Crippen molar-refractivity contribution in [3.63, 3.8) is 0 Å². The van der Waals surface area contributed by atoms with Gasteiger partial charge in [0.25, 0.3) is 5.91 Å². The lowest BCUT2D eigenvalue weighted by Gasteiger charge is -2.32. The largest absolute Gasteiger partial charge is 0.481 e. The summed E-state index contributed by atoms with van der Waals surface area (Å²) in [7, 11) is -3.73. The highest BCUT2D eigenvalue weighted by molar-refractivity contribution is 7.89. The maximum atomic E-state index is 13.4. The van der Waals surface area contributed by atoms with Crippen molar-refractivity contribution in [3.05, 3.63) is 46.8 Å². The number of aromatic nitrogens is 1. The zero-order valence-electron chi connectivity index (χ0n) is 24.7. The molecule has 1 aromatic heterocycles. The van der Waals surface area contributed by atoms with E-state index in [1.807, 2.05) is 59.9 Å². The molecule has 0 atom stereocenters. The maximum Gasteiger partial charge on any atom is 0.306 e. The molecule has 2 aromatic rings. The summed E-state index contributed by atoms with van der Waals surface area (Å²) >= 11 is 0. The third-order valence-electron chi connectivity index (χ3n) is 8.28. The lowest BCUT2D eigenvalue weighted by molar-refractivity contribution is -0.145. The van der Waals surface area contributed by atoms with Gasteiger partial charge in [-0.15, -0.1) is 0 Å². The first-order valence-electron chi connectivity index (χ1n) is 14.6. The number of amides is 1. The first-order valence-corrected chi connectivity index (χ1v) is 16.1. The van der Waals surface area contributed by atoms with Crippen molar-refractivity contribution >= 4 is 21.9 Å². The Balaban J connectivity index is 1.72. The van der Waals surface area contributed by atoms with Gasteiger partial charge in [0.2, 0.25) is 10.0 Å². The van der Waals surface area contributed by atoms with Gasteiger partial charge >= 0.3 is 5.97 Å². The van der Waals surface area contributed by atoms with Crippen molar-refractivity contribution in [2.24, 2.45) is 11.8 Å². The molecule has 2 fully saturated rings. The Morgan fingerprint density at radius 2 is 1.75 bits per heavy atom. The molecule has 0 radical (unpaired) electrons.